The Hall–Kier alpha value is -1.66. The van der Waals surface area contributed by atoms with Gasteiger partial charge in [0, 0.05) is 23.0 Å². The van der Waals surface area contributed by atoms with Crippen LogP contribution in [0.4, 0.5) is 5.82 Å². The molecule has 1 aromatic carbocycles. The van der Waals surface area contributed by atoms with Gasteiger partial charge in [-0.25, -0.2) is 4.98 Å². The number of halogens is 1. The largest absolute Gasteiger partial charge is 0.493 e. The van der Waals surface area contributed by atoms with Crippen LogP contribution in [0.25, 0.3) is 0 Å². The Bertz CT molecular complexity index is 705. The van der Waals surface area contributed by atoms with Gasteiger partial charge < -0.3 is 15.8 Å². The molecule has 1 aliphatic rings. The maximum Gasteiger partial charge on any atom is 0.127 e. The Morgan fingerprint density at radius 2 is 2.29 bits per heavy atom. The predicted octanol–water partition coefficient (Wildman–Crippen LogP) is 3.03. The molecule has 0 saturated heterocycles. The molecule has 2 heterocycles. The molecular formula is C15H14BrN3OS. The molecule has 21 heavy (non-hydrogen) atoms. The number of anilines is 1. The molecule has 0 unspecified atom stereocenters. The second kappa shape index (κ2) is 5.99. The Kier molecular flexibility index (Phi) is 4.07. The van der Waals surface area contributed by atoms with E-state index in [1.54, 1.807) is 6.07 Å². The van der Waals surface area contributed by atoms with Gasteiger partial charge in [-0.2, -0.15) is 0 Å². The fourth-order valence-corrected chi connectivity index (χ4v) is 3.00. The number of rotatable bonds is 4. The number of ether oxygens (including phenoxy) is 1. The first-order chi connectivity index (χ1) is 10.1. The van der Waals surface area contributed by atoms with Crippen LogP contribution in [0, 0.1) is 0 Å². The van der Waals surface area contributed by atoms with Crippen molar-refractivity contribution < 1.29 is 4.74 Å². The number of thiocarbonyl (C=S) groups is 1. The summed E-state index contributed by atoms with van der Waals surface area (Å²) in [5.41, 5.74) is 8.57. The van der Waals surface area contributed by atoms with Crippen molar-refractivity contribution in [1.29, 1.82) is 0 Å². The summed E-state index contributed by atoms with van der Waals surface area (Å²) in [4.78, 5) is 4.67. The number of hydrogen-bond acceptors (Lipinski definition) is 4. The number of fused-ring (bicyclic) bond motifs is 1. The van der Waals surface area contributed by atoms with E-state index in [1.165, 1.54) is 5.56 Å². The van der Waals surface area contributed by atoms with Crippen molar-refractivity contribution in [2.45, 2.75) is 13.0 Å². The maximum absolute atomic E-state index is 5.71. The quantitative estimate of drug-likeness (QED) is 0.817. The van der Waals surface area contributed by atoms with Crippen molar-refractivity contribution in [3.63, 3.8) is 0 Å². The maximum atomic E-state index is 5.71. The van der Waals surface area contributed by atoms with Crippen LogP contribution in [0.2, 0.25) is 0 Å². The normalized spacial score (nSPS) is 12.6. The van der Waals surface area contributed by atoms with Crippen molar-refractivity contribution >= 4 is 39.0 Å². The van der Waals surface area contributed by atoms with Crippen molar-refractivity contribution in [3.8, 4) is 5.75 Å². The smallest absolute Gasteiger partial charge is 0.127 e. The van der Waals surface area contributed by atoms with Gasteiger partial charge in [0.2, 0.25) is 0 Å². The monoisotopic (exact) mass is 363 g/mol. The molecule has 0 fully saturated rings. The fourth-order valence-electron chi connectivity index (χ4n) is 2.33. The molecule has 6 heteroatoms. The minimum absolute atomic E-state index is 0.297. The molecule has 0 radical (unpaired) electrons. The SMILES string of the molecule is NC(=S)c1cccc(NCc2cc(Br)cc3c2OCC3)n1. The number of pyridine rings is 1. The first-order valence-electron chi connectivity index (χ1n) is 6.58. The molecule has 108 valence electrons. The Morgan fingerprint density at radius 1 is 1.43 bits per heavy atom. The number of hydrogen-bond donors (Lipinski definition) is 2. The highest BCUT2D eigenvalue weighted by Crippen LogP contribution is 2.33. The van der Waals surface area contributed by atoms with Crippen LogP contribution in [0.1, 0.15) is 16.8 Å². The van der Waals surface area contributed by atoms with Gasteiger partial charge in [-0.1, -0.05) is 34.2 Å². The van der Waals surface area contributed by atoms with E-state index in [0.29, 0.717) is 17.2 Å². The second-order valence-corrected chi connectivity index (χ2v) is 6.13. The van der Waals surface area contributed by atoms with E-state index in [2.05, 4.69) is 38.4 Å². The van der Waals surface area contributed by atoms with Gasteiger partial charge in [0.25, 0.3) is 0 Å². The predicted molar refractivity (Wildman–Crippen MR) is 90.8 cm³/mol. The highest BCUT2D eigenvalue weighted by molar-refractivity contribution is 9.10. The molecule has 1 aromatic heterocycles. The molecule has 2 aromatic rings. The zero-order chi connectivity index (χ0) is 14.8. The average molecular weight is 364 g/mol. The fraction of sp³-hybridized carbons (Fsp3) is 0.200. The zero-order valence-corrected chi connectivity index (χ0v) is 13.6. The molecule has 0 aliphatic carbocycles. The van der Waals surface area contributed by atoms with Crippen LogP contribution >= 0.6 is 28.1 Å². The molecule has 4 nitrogen and oxygen atoms in total. The van der Waals surface area contributed by atoms with Crippen LogP contribution < -0.4 is 15.8 Å². The minimum Gasteiger partial charge on any atom is -0.493 e. The van der Waals surface area contributed by atoms with Gasteiger partial charge in [0.15, 0.2) is 0 Å². The summed E-state index contributed by atoms with van der Waals surface area (Å²) in [6, 6.07) is 9.74. The van der Waals surface area contributed by atoms with Gasteiger partial charge in [-0.05, 0) is 29.8 Å². The molecule has 0 saturated carbocycles. The van der Waals surface area contributed by atoms with E-state index in [9.17, 15) is 0 Å². The van der Waals surface area contributed by atoms with E-state index in [0.717, 1.165) is 34.6 Å². The Labute approximate surface area is 136 Å². The number of aromatic nitrogens is 1. The molecule has 0 amide bonds. The number of nitrogens with one attached hydrogen (secondary N) is 1. The van der Waals surface area contributed by atoms with Crippen molar-refractivity contribution in [3.05, 3.63) is 51.6 Å². The third kappa shape index (κ3) is 3.16. The first-order valence-corrected chi connectivity index (χ1v) is 7.78. The third-order valence-corrected chi connectivity index (χ3v) is 3.95. The van der Waals surface area contributed by atoms with Crippen LogP contribution in [0.5, 0.6) is 5.75 Å². The highest BCUT2D eigenvalue weighted by Gasteiger charge is 2.17. The number of nitrogens with two attached hydrogens (primary N) is 1. The lowest BCUT2D eigenvalue weighted by Crippen LogP contribution is -2.12. The number of nitrogens with zero attached hydrogens (tertiary/aromatic N) is 1. The van der Waals surface area contributed by atoms with Gasteiger partial charge in [-0.15, -0.1) is 0 Å². The first kappa shape index (κ1) is 14.3. The molecule has 1 aliphatic heterocycles. The lowest BCUT2D eigenvalue weighted by molar-refractivity contribution is 0.354. The van der Waals surface area contributed by atoms with Crippen LogP contribution in [-0.2, 0) is 13.0 Å². The van der Waals surface area contributed by atoms with Crippen molar-refractivity contribution in [1.82, 2.24) is 4.98 Å². The number of benzene rings is 1. The molecule has 0 spiro atoms. The van der Waals surface area contributed by atoms with Crippen LogP contribution in [-0.4, -0.2) is 16.6 Å². The lowest BCUT2D eigenvalue weighted by Gasteiger charge is -2.11. The molecule has 3 rings (SSSR count). The topological polar surface area (TPSA) is 60.2 Å². The molecule has 0 bridgehead atoms. The van der Waals surface area contributed by atoms with Crippen LogP contribution in [0.15, 0.2) is 34.8 Å². The van der Waals surface area contributed by atoms with Gasteiger partial charge in [0.1, 0.15) is 16.6 Å². The summed E-state index contributed by atoms with van der Waals surface area (Å²) in [5, 5.41) is 3.29. The highest BCUT2D eigenvalue weighted by atomic mass is 79.9. The Morgan fingerprint density at radius 3 is 3.10 bits per heavy atom. The lowest BCUT2D eigenvalue weighted by atomic mass is 10.1. The van der Waals surface area contributed by atoms with E-state index in [1.807, 2.05) is 12.1 Å². The summed E-state index contributed by atoms with van der Waals surface area (Å²) in [6.45, 7) is 1.38. The van der Waals surface area contributed by atoms with Gasteiger partial charge in [-0.3, -0.25) is 0 Å². The third-order valence-electron chi connectivity index (χ3n) is 3.29. The van der Waals surface area contributed by atoms with Gasteiger partial charge in [0.05, 0.1) is 12.3 Å². The zero-order valence-electron chi connectivity index (χ0n) is 11.2. The standard InChI is InChI=1S/C15H14BrN3OS/c16-11-6-9-4-5-20-14(9)10(7-11)8-18-13-3-1-2-12(19-13)15(17)21/h1-3,6-7H,4-5,8H2,(H2,17,21)(H,18,19). The van der Waals surface area contributed by atoms with Crippen molar-refractivity contribution in [2.75, 3.05) is 11.9 Å². The van der Waals surface area contributed by atoms with E-state index >= 15 is 0 Å². The van der Waals surface area contributed by atoms with E-state index < -0.39 is 0 Å². The molecular weight excluding hydrogens is 350 g/mol. The summed E-state index contributed by atoms with van der Waals surface area (Å²) >= 11 is 8.48. The Balaban J connectivity index is 1.79. The minimum atomic E-state index is 0.297. The van der Waals surface area contributed by atoms with Crippen molar-refractivity contribution in [2.24, 2.45) is 5.73 Å². The molecule has 3 N–H and O–H groups in total. The average Bonchev–Trinajstić information content (AvgIpc) is 2.93. The second-order valence-electron chi connectivity index (χ2n) is 4.78. The van der Waals surface area contributed by atoms with E-state index in [-0.39, 0.29) is 0 Å². The van der Waals surface area contributed by atoms with Crippen LogP contribution in [0.3, 0.4) is 0 Å². The summed E-state index contributed by atoms with van der Waals surface area (Å²) < 4.78 is 6.78. The summed E-state index contributed by atoms with van der Waals surface area (Å²) in [5.74, 6) is 1.73. The van der Waals surface area contributed by atoms with Gasteiger partial charge >= 0.3 is 0 Å². The molecule has 0 atom stereocenters. The van der Waals surface area contributed by atoms with E-state index in [4.69, 9.17) is 22.7 Å². The summed E-state index contributed by atoms with van der Waals surface area (Å²) in [7, 11) is 0. The summed E-state index contributed by atoms with van der Waals surface area (Å²) in [6.07, 6.45) is 0.955.